The maximum absolute atomic E-state index is 12.8. The summed E-state index contributed by atoms with van der Waals surface area (Å²) in [6.45, 7) is 2.94. The Bertz CT molecular complexity index is 703. The highest BCUT2D eigenvalue weighted by Crippen LogP contribution is 2.14. The molecule has 0 heterocycles. The van der Waals surface area contributed by atoms with Gasteiger partial charge in [-0.15, -0.1) is 0 Å². The van der Waals surface area contributed by atoms with Crippen molar-refractivity contribution in [2.45, 2.75) is 19.8 Å². The molecule has 25 heavy (non-hydrogen) atoms. The van der Waals surface area contributed by atoms with Gasteiger partial charge in [-0.3, -0.25) is 9.59 Å². The standard InChI is InChI=1S/C20H22ClNO3/c1-2-25-19(23)12-14-22(13-11-16-7-4-3-5-8-16)20(24)17-9-6-10-18(21)15-17/h3-10,15H,2,11-14H2,1H3. The van der Waals surface area contributed by atoms with Crippen LogP contribution in [0.3, 0.4) is 0 Å². The smallest absolute Gasteiger partial charge is 0.307 e. The number of nitrogens with zero attached hydrogens (tertiary/aromatic N) is 1. The Balaban J connectivity index is 2.07. The second-order valence-electron chi connectivity index (χ2n) is 5.59. The Morgan fingerprint density at radius 1 is 1.04 bits per heavy atom. The van der Waals surface area contributed by atoms with Gasteiger partial charge in [-0.1, -0.05) is 48.0 Å². The first-order valence-corrected chi connectivity index (χ1v) is 8.72. The van der Waals surface area contributed by atoms with E-state index in [2.05, 4.69) is 0 Å². The lowest BCUT2D eigenvalue weighted by atomic mass is 10.1. The minimum absolute atomic E-state index is 0.136. The first kappa shape index (κ1) is 19.0. The van der Waals surface area contributed by atoms with Crippen LogP contribution in [0.1, 0.15) is 29.3 Å². The van der Waals surface area contributed by atoms with Crippen molar-refractivity contribution in [3.63, 3.8) is 0 Å². The van der Waals surface area contributed by atoms with Gasteiger partial charge in [0.15, 0.2) is 0 Å². The van der Waals surface area contributed by atoms with Crippen molar-refractivity contribution in [3.8, 4) is 0 Å². The summed E-state index contributed by atoms with van der Waals surface area (Å²) in [6.07, 6.45) is 0.894. The maximum Gasteiger partial charge on any atom is 0.307 e. The summed E-state index contributed by atoms with van der Waals surface area (Å²) in [6, 6.07) is 16.8. The number of rotatable bonds is 8. The van der Waals surface area contributed by atoms with E-state index in [9.17, 15) is 9.59 Å². The number of benzene rings is 2. The van der Waals surface area contributed by atoms with Gasteiger partial charge in [0.05, 0.1) is 13.0 Å². The largest absolute Gasteiger partial charge is 0.466 e. The van der Waals surface area contributed by atoms with E-state index < -0.39 is 0 Å². The Morgan fingerprint density at radius 2 is 1.80 bits per heavy atom. The fourth-order valence-corrected chi connectivity index (χ4v) is 2.68. The molecule has 0 fully saturated rings. The molecule has 1 amide bonds. The van der Waals surface area contributed by atoms with Crippen molar-refractivity contribution in [2.24, 2.45) is 0 Å². The van der Waals surface area contributed by atoms with Crippen LogP contribution < -0.4 is 0 Å². The minimum atomic E-state index is -0.300. The monoisotopic (exact) mass is 359 g/mol. The van der Waals surface area contributed by atoms with Crippen LogP contribution in [0.4, 0.5) is 0 Å². The summed E-state index contributed by atoms with van der Waals surface area (Å²) >= 11 is 5.99. The lowest BCUT2D eigenvalue weighted by molar-refractivity contribution is -0.143. The molecule has 0 unspecified atom stereocenters. The van der Waals surface area contributed by atoms with Crippen molar-refractivity contribution in [3.05, 3.63) is 70.7 Å². The van der Waals surface area contributed by atoms with E-state index in [1.165, 1.54) is 0 Å². The van der Waals surface area contributed by atoms with Crippen molar-refractivity contribution in [2.75, 3.05) is 19.7 Å². The molecule has 0 bridgehead atoms. The average molecular weight is 360 g/mol. The van der Waals surface area contributed by atoms with Crippen LogP contribution in [0.5, 0.6) is 0 Å². The maximum atomic E-state index is 12.8. The third kappa shape index (κ3) is 6.24. The first-order chi connectivity index (χ1) is 12.1. The van der Waals surface area contributed by atoms with Crippen LogP contribution in [0, 0.1) is 0 Å². The molecule has 132 valence electrons. The number of amides is 1. The predicted octanol–water partition coefficient (Wildman–Crippen LogP) is 3.98. The van der Waals surface area contributed by atoms with E-state index in [1.807, 2.05) is 30.3 Å². The number of halogens is 1. The van der Waals surface area contributed by atoms with Gasteiger partial charge in [0, 0.05) is 23.7 Å². The van der Waals surface area contributed by atoms with E-state index in [0.29, 0.717) is 30.3 Å². The molecule has 0 aliphatic heterocycles. The summed E-state index contributed by atoms with van der Waals surface area (Å²) in [7, 11) is 0. The molecule has 2 aromatic rings. The van der Waals surface area contributed by atoms with E-state index >= 15 is 0 Å². The molecule has 0 N–H and O–H groups in total. The van der Waals surface area contributed by atoms with E-state index in [0.717, 1.165) is 12.0 Å². The van der Waals surface area contributed by atoms with Crippen LogP contribution in [-0.2, 0) is 16.0 Å². The zero-order valence-corrected chi connectivity index (χ0v) is 15.0. The molecule has 0 saturated heterocycles. The molecular formula is C20H22ClNO3. The van der Waals surface area contributed by atoms with Crippen molar-refractivity contribution in [1.82, 2.24) is 4.90 Å². The second kappa shape index (κ2) is 9.84. The lowest BCUT2D eigenvalue weighted by Gasteiger charge is -2.22. The van der Waals surface area contributed by atoms with Crippen LogP contribution in [0.2, 0.25) is 5.02 Å². The van der Waals surface area contributed by atoms with Gasteiger partial charge in [-0.05, 0) is 37.1 Å². The van der Waals surface area contributed by atoms with Gasteiger partial charge < -0.3 is 9.64 Å². The van der Waals surface area contributed by atoms with Gasteiger partial charge in [0.1, 0.15) is 0 Å². The zero-order chi connectivity index (χ0) is 18.1. The predicted molar refractivity (Wildman–Crippen MR) is 98.8 cm³/mol. The number of hydrogen-bond acceptors (Lipinski definition) is 3. The van der Waals surface area contributed by atoms with E-state index in [1.54, 1.807) is 36.1 Å². The molecule has 0 aromatic heterocycles. The van der Waals surface area contributed by atoms with Gasteiger partial charge in [-0.25, -0.2) is 0 Å². The van der Waals surface area contributed by atoms with E-state index in [-0.39, 0.29) is 18.3 Å². The first-order valence-electron chi connectivity index (χ1n) is 8.34. The number of ether oxygens (including phenoxy) is 1. The summed E-state index contributed by atoms with van der Waals surface area (Å²) in [5.74, 6) is -0.436. The third-order valence-electron chi connectivity index (χ3n) is 3.76. The van der Waals surface area contributed by atoms with Crippen molar-refractivity contribution < 1.29 is 14.3 Å². The fourth-order valence-electron chi connectivity index (χ4n) is 2.49. The van der Waals surface area contributed by atoms with Crippen molar-refractivity contribution >= 4 is 23.5 Å². The molecule has 2 rings (SSSR count). The van der Waals surface area contributed by atoms with Crippen LogP contribution in [-0.4, -0.2) is 36.5 Å². The van der Waals surface area contributed by atoms with Gasteiger partial charge in [0.2, 0.25) is 0 Å². The van der Waals surface area contributed by atoms with Gasteiger partial charge >= 0.3 is 5.97 Å². The number of esters is 1. The zero-order valence-electron chi connectivity index (χ0n) is 14.3. The minimum Gasteiger partial charge on any atom is -0.466 e. The number of hydrogen-bond donors (Lipinski definition) is 0. The fraction of sp³-hybridized carbons (Fsp3) is 0.300. The SMILES string of the molecule is CCOC(=O)CCN(CCc1ccccc1)C(=O)c1cccc(Cl)c1. The molecule has 0 saturated carbocycles. The highest BCUT2D eigenvalue weighted by Gasteiger charge is 2.17. The number of carbonyl (C=O) groups is 2. The molecular weight excluding hydrogens is 338 g/mol. The Labute approximate surface area is 153 Å². The van der Waals surface area contributed by atoms with Gasteiger partial charge in [-0.2, -0.15) is 0 Å². The summed E-state index contributed by atoms with van der Waals surface area (Å²) < 4.78 is 4.96. The average Bonchev–Trinajstić information content (AvgIpc) is 2.62. The summed E-state index contributed by atoms with van der Waals surface area (Å²) in [4.78, 5) is 26.1. The summed E-state index contributed by atoms with van der Waals surface area (Å²) in [5, 5.41) is 0.513. The Kier molecular flexibility index (Phi) is 7.48. The quantitative estimate of drug-likeness (QED) is 0.670. The molecule has 0 atom stereocenters. The normalized spacial score (nSPS) is 10.3. The molecule has 0 aliphatic carbocycles. The second-order valence-corrected chi connectivity index (χ2v) is 6.03. The molecule has 0 aliphatic rings. The van der Waals surface area contributed by atoms with Crippen molar-refractivity contribution in [1.29, 1.82) is 0 Å². The highest BCUT2D eigenvalue weighted by molar-refractivity contribution is 6.30. The summed E-state index contributed by atoms with van der Waals surface area (Å²) in [5.41, 5.74) is 1.66. The van der Waals surface area contributed by atoms with E-state index in [4.69, 9.17) is 16.3 Å². The Hall–Kier alpha value is -2.33. The van der Waals surface area contributed by atoms with Gasteiger partial charge in [0.25, 0.3) is 5.91 Å². The number of carbonyl (C=O) groups excluding carboxylic acids is 2. The van der Waals surface area contributed by atoms with Crippen LogP contribution in [0.15, 0.2) is 54.6 Å². The third-order valence-corrected chi connectivity index (χ3v) is 4.00. The molecule has 2 aromatic carbocycles. The molecule has 0 spiro atoms. The topological polar surface area (TPSA) is 46.6 Å². The lowest BCUT2D eigenvalue weighted by Crippen LogP contribution is -2.35. The molecule has 5 heteroatoms. The molecule has 4 nitrogen and oxygen atoms in total. The highest BCUT2D eigenvalue weighted by atomic mass is 35.5. The van der Waals surface area contributed by atoms with Crippen LogP contribution >= 0.6 is 11.6 Å². The van der Waals surface area contributed by atoms with Crippen LogP contribution in [0.25, 0.3) is 0 Å². The Morgan fingerprint density at radius 3 is 2.48 bits per heavy atom. The molecule has 0 radical (unpaired) electrons.